The van der Waals surface area contributed by atoms with Crippen LogP contribution in [0.2, 0.25) is 0 Å². The summed E-state index contributed by atoms with van der Waals surface area (Å²) in [5.74, 6) is -0.146. The molecule has 1 N–H and O–H groups in total. The molecular weight excluding hydrogens is 478 g/mol. The molecule has 0 aliphatic carbocycles. The van der Waals surface area contributed by atoms with Gasteiger partial charge in [0.1, 0.15) is 0 Å². The van der Waals surface area contributed by atoms with Crippen molar-refractivity contribution in [2.75, 3.05) is 51.9 Å². The summed E-state index contributed by atoms with van der Waals surface area (Å²) in [6.07, 6.45) is 3.19. The van der Waals surface area contributed by atoms with Gasteiger partial charge in [-0.1, -0.05) is 19.1 Å². The number of carbonyl (C=O) groups excluding carboxylic acids is 4. The van der Waals surface area contributed by atoms with Crippen molar-refractivity contribution in [3.63, 3.8) is 0 Å². The van der Waals surface area contributed by atoms with Crippen molar-refractivity contribution < 1.29 is 33.4 Å². The van der Waals surface area contributed by atoms with Gasteiger partial charge < -0.3 is 19.5 Å². The number of esters is 1. The molecule has 1 saturated heterocycles. The Morgan fingerprint density at radius 1 is 1.11 bits per heavy atom. The highest BCUT2D eigenvalue weighted by molar-refractivity contribution is 8.00. The van der Waals surface area contributed by atoms with Crippen LogP contribution in [-0.2, 0) is 35.1 Å². The first-order valence-corrected chi connectivity index (χ1v) is 13.0. The molecule has 2 rings (SSSR count). The van der Waals surface area contributed by atoms with Crippen molar-refractivity contribution in [3.05, 3.63) is 11.9 Å². The Hall–Kier alpha value is -2.51. The number of nitrogens with one attached hydrogen (secondary N) is 1. The Labute approximate surface area is 209 Å². The number of likely N-dealkylation sites (tertiary alicyclic amines) is 1. The van der Waals surface area contributed by atoms with Gasteiger partial charge in [0.15, 0.2) is 5.69 Å². The fraction of sp³-hybridized carbons (Fsp3) is 0.727. The van der Waals surface area contributed by atoms with E-state index in [1.165, 1.54) is 27.5 Å². The number of carbonyl (C=O) groups is 4. The highest BCUT2D eigenvalue weighted by Crippen LogP contribution is 2.25. The van der Waals surface area contributed by atoms with Crippen molar-refractivity contribution in [2.45, 2.75) is 51.3 Å². The molecular formula is C22H35N5O7S. The normalized spacial score (nSPS) is 15.6. The zero-order valence-electron chi connectivity index (χ0n) is 20.4. The number of thioether (sulfide) groups is 1. The van der Waals surface area contributed by atoms with Gasteiger partial charge in [-0.25, -0.2) is 9.48 Å². The smallest absolute Gasteiger partial charge is 0.360 e. The first-order chi connectivity index (χ1) is 17.0. The van der Waals surface area contributed by atoms with Crippen molar-refractivity contribution >= 4 is 35.5 Å². The van der Waals surface area contributed by atoms with E-state index in [4.69, 9.17) is 14.2 Å². The lowest BCUT2D eigenvalue weighted by molar-refractivity contribution is -0.138. The number of ether oxygens (including phenoxy) is 3. The van der Waals surface area contributed by atoms with E-state index in [1.54, 1.807) is 0 Å². The molecule has 2 heterocycles. The zero-order valence-corrected chi connectivity index (χ0v) is 21.2. The molecule has 0 bridgehead atoms. The molecule has 0 saturated carbocycles. The molecule has 1 aromatic heterocycles. The maximum Gasteiger partial charge on any atom is 0.360 e. The Morgan fingerprint density at radius 3 is 2.63 bits per heavy atom. The van der Waals surface area contributed by atoms with Crippen molar-refractivity contribution in [1.82, 2.24) is 25.2 Å². The van der Waals surface area contributed by atoms with Gasteiger partial charge >= 0.3 is 5.97 Å². The second-order valence-corrected chi connectivity index (χ2v) is 9.19. The van der Waals surface area contributed by atoms with Crippen LogP contribution in [0.15, 0.2) is 6.20 Å². The van der Waals surface area contributed by atoms with E-state index in [-0.39, 0.29) is 48.1 Å². The number of amides is 3. The third-order valence-corrected chi connectivity index (χ3v) is 6.05. The molecule has 12 nitrogen and oxygen atoms in total. The summed E-state index contributed by atoms with van der Waals surface area (Å²) in [6, 6.07) is 0. The molecule has 1 unspecified atom stereocenters. The average molecular weight is 514 g/mol. The lowest BCUT2D eigenvalue weighted by atomic mass is 10.3. The van der Waals surface area contributed by atoms with E-state index < -0.39 is 5.97 Å². The van der Waals surface area contributed by atoms with Crippen molar-refractivity contribution in [1.29, 1.82) is 0 Å². The molecule has 1 atom stereocenters. The Morgan fingerprint density at radius 2 is 1.89 bits per heavy atom. The Kier molecular flexibility index (Phi) is 13.3. The molecule has 0 aromatic carbocycles. The van der Waals surface area contributed by atoms with Crippen LogP contribution < -0.4 is 5.32 Å². The Balaban J connectivity index is 1.43. The van der Waals surface area contributed by atoms with E-state index in [1.807, 2.05) is 13.8 Å². The van der Waals surface area contributed by atoms with Crippen LogP contribution in [0.3, 0.4) is 0 Å². The number of imide groups is 1. The summed E-state index contributed by atoms with van der Waals surface area (Å²) in [5, 5.41) is 10.1. The lowest BCUT2D eigenvalue weighted by Crippen LogP contribution is -2.33. The monoisotopic (exact) mass is 513 g/mol. The molecule has 1 aliphatic heterocycles. The van der Waals surface area contributed by atoms with E-state index >= 15 is 0 Å². The molecule has 3 amide bonds. The second kappa shape index (κ2) is 16.2. The first-order valence-electron chi connectivity index (χ1n) is 11.9. The van der Waals surface area contributed by atoms with Crippen LogP contribution in [0.25, 0.3) is 0 Å². The number of nitrogens with zero attached hydrogens (tertiary/aromatic N) is 4. The highest BCUT2D eigenvalue weighted by Gasteiger charge is 2.37. The molecule has 13 heteroatoms. The van der Waals surface area contributed by atoms with Crippen LogP contribution in [0, 0.1) is 0 Å². The maximum absolute atomic E-state index is 12.2. The summed E-state index contributed by atoms with van der Waals surface area (Å²) >= 11 is 1.48. The summed E-state index contributed by atoms with van der Waals surface area (Å²) in [4.78, 5) is 49.0. The molecule has 0 spiro atoms. The van der Waals surface area contributed by atoms with Crippen LogP contribution in [0.4, 0.5) is 0 Å². The minimum absolute atomic E-state index is 0.143. The van der Waals surface area contributed by atoms with Crippen LogP contribution >= 0.6 is 11.8 Å². The third kappa shape index (κ3) is 10.3. The van der Waals surface area contributed by atoms with Gasteiger partial charge in [0, 0.05) is 25.9 Å². The zero-order chi connectivity index (χ0) is 25.5. The maximum atomic E-state index is 12.2. The number of aromatic nitrogens is 3. The van der Waals surface area contributed by atoms with Gasteiger partial charge in [-0.2, -0.15) is 0 Å². The third-order valence-electron chi connectivity index (χ3n) is 4.95. The molecule has 35 heavy (non-hydrogen) atoms. The van der Waals surface area contributed by atoms with Gasteiger partial charge in [-0.3, -0.25) is 19.3 Å². The molecule has 1 fully saturated rings. The predicted octanol–water partition coefficient (Wildman–Crippen LogP) is 0.655. The average Bonchev–Trinajstić information content (AvgIpc) is 3.42. The summed E-state index contributed by atoms with van der Waals surface area (Å²) < 4.78 is 17.4. The van der Waals surface area contributed by atoms with Gasteiger partial charge in [-0.05, 0) is 18.6 Å². The number of hydrogen-bond acceptors (Lipinski definition) is 10. The minimum atomic E-state index is -0.490. The largest absolute Gasteiger partial charge is 0.461 e. The van der Waals surface area contributed by atoms with Crippen LogP contribution in [0.1, 0.15) is 50.0 Å². The second-order valence-electron chi connectivity index (χ2n) is 7.71. The topological polar surface area (TPSA) is 142 Å². The highest BCUT2D eigenvalue weighted by atomic mass is 32.2. The quantitative estimate of drug-likeness (QED) is 0.169. The fourth-order valence-corrected chi connectivity index (χ4v) is 4.15. The predicted molar refractivity (Wildman–Crippen MR) is 128 cm³/mol. The van der Waals surface area contributed by atoms with Crippen molar-refractivity contribution in [3.8, 4) is 0 Å². The lowest BCUT2D eigenvalue weighted by Gasteiger charge is -2.14. The summed E-state index contributed by atoms with van der Waals surface area (Å²) in [6.45, 7) is 6.78. The van der Waals surface area contributed by atoms with Crippen LogP contribution in [0.5, 0.6) is 0 Å². The van der Waals surface area contributed by atoms with Crippen molar-refractivity contribution in [2.24, 2.45) is 0 Å². The number of rotatable bonds is 18. The summed E-state index contributed by atoms with van der Waals surface area (Å²) in [5.41, 5.74) is 0.168. The van der Waals surface area contributed by atoms with Gasteiger partial charge in [0.25, 0.3) is 0 Å². The van der Waals surface area contributed by atoms with Gasteiger partial charge in [-0.15, -0.1) is 16.9 Å². The van der Waals surface area contributed by atoms with E-state index in [0.29, 0.717) is 52.5 Å². The molecule has 196 valence electrons. The SMILES string of the molecule is CCCOC(=O)c1cn(CCOCCOCCNC(=O)CCCN2C(=O)CC(SCC)C2=O)nn1. The van der Waals surface area contributed by atoms with Crippen LogP contribution in [-0.4, -0.2) is 101 Å². The first kappa shape index (κ1) is 28.7. The van der Waals surface area contributed by atoms with Gasteiger partial charge in [0.05, 0.1) is 51.0 Å². The van der Waals surface area contributed by atoms with Gasteiger partial charge in [0.2, 0.25) is 17.7 Å². The standard InChI is InChI=1S/C22H35N5O7S/c1-3-10-34-22(31)17-16-26(25-24-17)9-12-33-14-13-32-11-7-23-19(28)6-5-8-27-20(29)15-18(21(27)30)35-4-2/h16,18H,3-15H2,1-2H3,(H,23,28). The minimum Gasteiger partial charge on any atom is -0.461 e. The van der Waals surface area contributed by atoms with E-state index in [2.05, 4.69) is 15.6 Å². The van der Waals surface area contributed by atoms with E-state index in [0.717, 1.165) is 12.2 Å². The molecule has 0 radical (unpaired) electrons. The molecule has 1 aliphatic rings. The Bertz CT molecular complexity index is 835. The fourth-order valence-electron chi connectivity index (χ4n) is 3.22. The number of hydrogen-bond donors (Lipinski definition) is 1. The summed E-state index contributed by atoms with van der Waals surface area (Å²) in [7, 11) is 0. The van der Waals surface area contributed by atoms with E-state index in [9.17, 15) is 19.2 Å². The molecule has 1 aromatic rings.